The second-order valence-electron chi connectivity index (χ2n) is 7.73. The normalized spacial score (nSPS) is 15.8. The average molecular weight is 458 g/mol. The molecule has 1 fully saturated rings. The summed E-state index contributed by atoms with van der Waals surface area (Å²) in [5.74, 6) is -1.25. The molecule has 1 aliphatic rings. The van der Waals surface area contributed by atoms with Crippen LogP contribution >= 0.6 is 15.9 Å². The van der Waals surface area contributed by atoms with Crippen LogP contribution in [-0.2, 0) is 17.6 Å². The van der Waals surface area contributed by atoms with Crippen molar-refractivity contribution in [3.8, 4) is 0 Å². The van der Waals surface area contributed by atoms with E-state index in [1.165, 1.54) is 12.1 Å². The zero-order valence-electron chi connectivity index (χ0n) is 16.1. The minimum absolute atomic E-state index is 0.0689. The summed E-state index contributed by atoms with van der Waals surface area (Å²) in [6, 6.07) is 15.0. The monoisotopic (exact) mass is 457 g/mol. The van der Waals surface area contributed by atoms with Crippen LogP contribution < -0.4 is 5.11 Å². The Morgan fingerprint density at radius 3 is 2.45 bits per heavy atom. The Balaban J connectivity index is 1.42. The molecule has 1 aliphatic heterocycles. The number of carboxylic acids is 1. The van der Waals surface area contributed by atoms with Crippen LogP contribution in [0.15, 0.2) is 53.1 Å². The topological polar surface area (TPSA) is 48.3 Å². The predicted molar refractivity (Wildman–Crippen MR) is 113 cm³/mol. The number of aromatic nitrogens is 1. The van der Waals surface area contributed by atoms with Crippen molar-refractivity contribution in [3.63, 3.8) is 0 Å². The summed E-state index contributed by atoms with van der Waals surface area (Å²) in [6.07, 6.45) is 2.93. The molecule has 29 heavy (non-hydrogen) atoms. The third kappa shape index (κ3) is 4.70. The first-order valence-corrected chi connectivity index (χ1v) is 10.7. The average Bonchev–Trinajstić information content (AvgIpc) is 3.02. The van der Waals surface area contributed by atoms with Gasteiger partial charge in [0.05, 0.1) is 4.60 Å². The first-order chi connectivity index (χ1) is 14.0. The Kier molecular flexibility index (Phi) is 6.01. The van der Waals surface area contributed by atoms with Gasteiger partial charge in [-0.3, -0.25) is 0 Å². The number of likely N-dealkylation sites (tertiary alicyclic amines) is 1. The highest BCUT2D eigenvalue weighted by Crippen LogP contribution is 2.33. The van der Waals surface area contributed by atoms with Crippen molar-refractivity contribution in [3.05, 3.63) is 70.1 Å². The molecule has 2 heterocycles. The van der Waals surface area contributed by atoms with E-state index in [4.69, 9.17) is 0 Å². The lowest BCUT2D eigenvalue weighted by molar-refractivity contribution is -0.304. The molecular formula is C23H23BrFN2O2-. The summed E-state index contributed by atoms with van der Waals surface area (Å²) < 4.78 is 16.4. The fraction of sp³-hybridized carbons (Fsp3) is 0.348. The Hall–Kier alpha value is -2.18. The van der Waals surface area contributed by atoms with Gasteiger partial charge in [-0.1, -0.05) is 24.3 Å². The largest absolute Gasteiger partial charge is 0.550 e. The molecule has 0 N–H and O–H groups in total. The van der Waals surface area contributed by atoms with E-state index in [9.17, 15) is 14.3 Å². The first-order valence-electron chi connectivity index (χ1n) is 9.95. The maximum atomic E-state index is 13.0. The van der Waals surface area contributed by atoms with Crippen LogP contribution in [-0.4, -0.2) is 35.1 Å². The molecule has 0 radical (unpaired) electrons. The summed E-state index contributed by atoms with van der Waals surface area (Å²) in [4.78, 5) is 13.4. The second kappa shape index (κ2) is 8.67. The van der Waals surface area contributed by atoms with E-state index in [0.717, 1.165) is 65.5 Å². The van der Waals surface area contributed by atoms with Gasteiger partial charge in [0.15, 0.2) is 0 Å². The van der Waals surface area contributed by atoms with Crippen molar-refractivity contribution >= 4 is 32.8 Å². The number of carboxylic acid groups (broad SMARTS) is 1. The van der Waals surface area contributed by atoms with Gasteiger partial charge < -0.3 is 19.4 Å². The van der Waals surface area contributed by atoms with Crippen molar-refractivity contribution in [1.82, 2.24) is 9.47 Å². The summed E-state index contributed by atoms with van der Waals surface area (Å²) in [7, 11) is 0. The van der Waals surface area contributed by atoms with E-state index >= 15 is 0 Å². The van der Waals surface area contributed by atoms with Gasteiger partial charge >= 0.3 is 0 Å². The van der Waals surface area contributed by atoms with Crippen LogP contribution in [0.1, 0.15) is 30.0 Å². The van der Waals surface area contributed by atoms with Gasteiger partial charge in [-0.05, 0) is 70.6 Å². The van der Waals surface area contributed by atoms with E-state index in [0.29, 0.717) is 6.04 Å². The van der Waals surface area contributed by atoms with Gasteiger partial charge in [0.25, 0.3) is 0 Å². The van der Waals surface area contributed by atoms with Gasteiger partial charge in [0, 0.05) is 49.0 Å². The van der Waals surface area contributed by atoms with Gasteiger partial charge in [0.2, 0.25) is 0 Å². The van der Waals surface area contributed by atoms with Crippen LogP contribution in [0.2, 0.25) is 0 Å². The minimum atomic E-state index is -1.06. The molecule has 1 aromatic heterocycles. The summed E-state index contributed by atoms with van der Waals surface area (Å²) in [5.41, 5.74) is 2.99. The number of halogens is 2. The predicted octanol–water partition coefficient (Wildman–Crippen LogP) is 3.71. The zero-order valence-corrected chi connectivity index (χ0v) is 17.7. The van der Waals surface area contributed by atoms with Gasteiger partial charge in [-0.15, -0.1) is 0 Å². The number of hydrogen-bond acceptors (Lipinski definition) is 3. The number of carbonyl (C=O) groups is 1. The third-order valence-corrected chi connectivity index (χ3v) is 6.37. The molecular weight excluding hydrogens is 435 g/mol. The molecule has 0 atom stereocenters. The van der Waals surface area contributed by atoms with Crippen LogP contribution in [0.3, 0.4) is 0 Å². The molecule has 0 unspecified atom stereocenters. The molecule has 0 aliphatic carbocycles. The van der Waals surface area contributed by atoms with E-state index in [-0.39, 0.29) is 12.2 Å². The van der Waals surface area contributed by atoms with Crippen LogP contribution in [0.5, 0.6) is 0 Å². The molecule has 4 rings (SSSR count). The van der Waals surface area contributed by atoms with E-state index in [1.54, 1.807) is 0 Å². The number of carbonyl (C=O) groups excluding carboxylic acids is 1. The molecule has 0 bridgehead atoms. The molecule has 0 amide bonds. The number of fused-ring (bicyclic) bond motifs is 1. The summed E-state index contributed by atoms with van der Waals surface area (Å²) in [6.45, 7) is 3.00. The molecule has 0 saturated carbocycles. The lowest BCUT2D eigenvalue weighted by atomic mass is 10.0. The Bertz CT molecular complexity index is 1010. The smallest absolute Gasteiger partial charge is 0.123 e. The standard InChI is InChI=1S/C23H24BrFN2O2/c24-22-15-18-4-1-17(14-23(28)29)13-21(18)27(22)20-8-11-26(12-9-20)10-7-16-2-5-19(25)6-3-16/h1-6,13,15,20H,7-12,14H2,(H,28,29)/p-1. The molecule has 3 aromatic rings. The van der Waals surface area contributed by atoms with E-state index < -0.39 is 5.97 Å². The molecule has 2 aromatic carbocycles. The van der Waals surface area contributed by atoms with Crippen LogP contribution in [0.4, 0.5) is 4.39 Å². The van der Waals surface area contributed by atoms with Gasteiger partial charge in [0.1, 0.15) is 5.82 Å². The number of hydrogen-bond donors (Lipinski definition) is 0. The maximum Gasteiger partial charge on any atom is 0.123 e. The number of aliphatic carboxylic acids is 1. The second-order valence-corrected chi connectivity index (χ2v) is 8.54. The first kappa shape index (κ1) is 20.1. The van der Waals surface area contributed by atoms with Gasteiger partial charge in [-0.25, -0.2) is 4.39 Å². The highest BCUT2D eigenvalue weighted by atomic mass is 79.9. The number of benzene rings is 2. The van der Waals surface area contributed by atoms with Crippen molar-refractivity contribution in [2.75, 3.05) is 19.6 Å². The van der Waals surface area contributed by atoms with E-state index in [1.807, 2.05) is 30.3 Å². The molecule has 0 spiro atoms. The van der Waals surface area contributed by atoms with Crippen molar-refractivity contribution < 1.29 is 14.3 Å². The summed E-state index contributed by atoms with van der Waals surface area (Å²) >= 11 is 3.69. The van der Waals surface area contributed by atoms with Gasteiger partial charge in [-0.2, -0.15) is 0 Å². The summed E-state index contributed by atoms with van der Waals surface area (Å²) in [5, 5.41) is 12.1. The Morgan fingerprint density at radius 2 is 1.76 bits per heavy atom. The zero-order chi connectivity index (χ0) is 20.4. The Morgan fingerprint density at radius 1 is 1.07 bits per heavy atom. The highest BCUT2D eigenvalue weighted by molar-refractivity contribution is 9.10. The van der Waals surface area contributed by atoms with Crippen molar-refractivity contribution in [1.29, 1.82) is 0 Å². The lowest BCUT2D eigenvalue weighted by Gasteiger charge is -2.33. The molecule has 6 heteroatoms. The van der Waals surface area contributed by atoms with Crippen LogP contribution in [0, 0.1) is 5.82 Å². The molecule has 4 nitrogen and oxygen atoms in total. The van der Waals surface area contributed by atoms with Crippen molar-refractivity contribution in [2.45, 2.75) is 31.7 Å². The third-order valence-electron chi connectivity index (χ3n) is 5.76. The minimum Gasteiger partial charge on any atom is -0.550 e. The lowest BCUT2D eigenvalue weighted by Crippen LogP contribution is -2.36. The van der Waals surface area contributed by atoms with Crippen molar-refractivity contribution in [2.24, 2.45) is 0 Å². The molecule has 152 valence electrons. The fourth-order valence-corrected chi connectivity index (χ4v) is 4.95. The highest BCUT2D eigenvalue weighted by Gasteiger charge is 2.23. The van der Waals surface area contributed by atoms with E-state index in [2.05, 4.69) is 31.5 Å². The SMILES string of the molecule is O=C([O-])Cc1ccc2cc(Br)n(C3CCN(CCc4ccc(F)cc4)CC3)c2c1. The number of piperidine rings is 1. The number of nitrogens with zero attached hydrogens (tertiary/aromatic N) is 2. The fourth-order valence-electron chi connectivity index (χ4n) is 4.22. The quantitative estimate of drug-likeness (QED) is 0.566. The van der Waals surface area contributed by atoms with Crippen LogP contribution in [0.25, 0.3) is 10.9 Å². The Labute approximate surface area is 178 Å². The number of rotatable bonds is 6. The molecule has 1 saturated heterocycles. The maximum absolute atomic E-state index is 13.0.